The fraction of sp³-hybridized carbons (Fsp3) is 0.364. The first-order valence-corrected chi connectivity index (χ1v) is 5.35. The predicted molar refractivity (Wildman–Crippen MR) is 61.6 cm³/mol. The quantitative estimate of drug-likeness (QED) is 0.766. The van der Waals surface area contributed by atoms with Crippen LogP contribution in [-0.4, -0.2) is 11.8 Å². The van der Waals surface area contributed by atoms with Crippen molar-refractivity contribution in [2.75, 3.05) is 5.88 Å². The van der Waals surface area contributed by atoms with Gasteiger partial charge in [0.15, 0.2) is 0 Å². The van der Waals surface area contributed by atoms with Gasteiger partial charge in [-0.05, 0) is 18.1 Å². The maximum Gasteiger partial charge on any atom is 0.235 e. The van der Waals surface area contributed by atoms with Crippen LogP contribution >= 0.6 is 11.6 Å². The van der Waals surface area contributed by atoms with E-state index in [9.17, 15) is 4.79 Å². The van der Waals surface area contributed by atoms with Gasteiger partial charge in [-0.1, -0.05) is 24.3 Å². The Morgan fingerprint density at radius 2 is 2.33 bits per heavy atom. The van der Waals surface area contributed by atoms with Gasteiger partial charge in [0.2, 0.25) is 5.91 Å². The van der Waals surface area contributed by atoms with E-state index in [1.165, 1.54) is 0 Å². The molecule has 3 N–H and O–H groups in total. The van der Waals surface area contributed by atoms with Crippen LogP contribution in [0.5, 0.6) is 0 Å². The van der Waals surface area contributed by atoms with Gasteiger partial charge in [-0.3, -0.25) is 4.79 Å². The summed E-state index contributed by atoms with van der Waals surface area (Å²) in [4.78, 5) is 11.1. The molecule has 0 aliphatic heterocycles. The summed E-state index contributed by atoms with van der Waals surface area (Å²) < 4.78 is 0. The van der Waals surface area contributed by atoms with Gasteiger partial charge in [-0.15, -0.1) is 11.6 Å². The second-order valence-electron chi connectivity index (χ2n) is 3.37. The fourth-order valence-electron chi connectivity index (χ4n) is 1.35. The molecule has 4 heteroatoms. The third-order valence-electron chi connectivity index (χ3n) is 2.19. The molecule has 82 valence electrons. The largest absolute Gasteiger partial charge is 0.349 e. The molecule has 3 nitrogen and oxygen atoms in total. The smallest absolute Gasteiger partial charge is 0.235 e. The van der Waals surface area contributed by atoms with Crippen LogP contribution in [-0.2, 0) is 11.3 Å². The number of benzene rings is 1. The highest BCUT2D eigenvalue weighted by molar-refractivity contribution is 6.27. The standard InChI is InChI=1S/C11H15ClN2O/c1-8(14-11(15)6-12)10-4-2-3-9(5-10)7-13/h2-5,8H,6-7,13H2,1H3,(H,14,15). The number of alkyl halides is 1. The zero-order chi connectivity index (χ0) is 11.3. The summed E-state index contributed by atoms with van der Waals surface area (Å²) in [6, 6.07) is 7.79. The first-order chi connectivity index (χ1) is 7.17. The van der Waals surface area contributed by atoms with Gasteiger partial charge in [0.1, 0.15) is 5.88 Å². The van der Waals surface area contributed by atoms with Crippen LogP contribution in [0.3, 0.4) is 0 Å². The zero-order valence-electron chi connectivity index (χ0n) is 8.66. The fourth-order valence-corrected chi connectivity index (χ4v) is 1.43. The third kappa shape index (κ3) is 3.53. The summed E-state index contributed by atoms with van der Waals surface area (Å²) in [6.45, 7) is 2.42. The molecule has 0 aliphatic carbocycles. The van der Waals surface area contributed by atoms with Crippen molar-refractivity contribution in [1.82, 2.24) is 5.32 Å². The van der Waals surface area contributed by atoms with E-state index in [4.69, 9.17) is 17.3 Å². The number of amides is 1. The third-order valence-corrected chi connectivity index (χ3v) is 2.43. The highest BCUT2D eigenvalue weighted by atomic mass is 35.5. The second kappa shape index (κ2) is 5.73. The number of rotatable bonds is 4. The van der Waals surface area contributed by atoms with Crippen molar-refractivity contribution < 1.29 is 4.79 Å². The lowest BCUT2D eigenvalue weighted by Gasteiger charge is -2.14. The van der Waals surface area contributed by atoms with Crippen molar-refractivity contribution in [3.05, 3.63) is 35.4 Å². The summed E-state index contributed by atoms with van der Waals surface area (Å²) in [5.41, 5.74) is 7.63. The van der Waals surface area contributed by atoms with Gasteiger partial charge >= 0.3 is 0 Å². The second-order valence-corrected chi connectivity index (χ2v) is 3.64. The van der Waals surface area contributed by atoms with Crippen molar-refractivity contribution >= 4 is 17.5 Å². The SMILES string of the molecule is CC(NC(=O)CCl)c1cccc(CN)c1. The molecular weight excluding hydrogens is 212 g/mol. The summed E-state index contributed by atoms with van der Waals surface area (Å²) in [5.74, 6) is -0.177. The molecule has 0 aromatic heterocycles. The molecule has 1 unspecified atom stereocenters. The number of halogens is 1. The molecule has 15 heavy (non-hydrogen) atoms. The first-order valence-electron chi connectivity index (χ1n) is 4.81. The first kappa shape index (κ1) is 12.0. The Hall–Kier alpha value is -1.06. The van der Waals surface area contributed by atoms with Gasteiger partial charge in [0, 0.05) is 6.54 Å². The van der Waals surface area contributed by atoms with Crippen LogP contribution in [0, 0.1) is 0 Å². The lowest BCUT2D eigenvalue weighted by molar-refractivity contribution is -0.119. The predicted octanol–water partition coefficient (Wildman–Crippen LogP) is 1.56. The minimum absolute atomic E-state index is 0.0130. The van der Waals surface area contributed by atoms with Crippen LogP contribution in [0.2, 0.25) is 0 Å². The van der Waals surface area contributed by atoms with E-state index in [-0.39, 0.29) is 17.8 Å². The van der Waals surface area contributed by atoms with Gasteiger partial charge in [-0.25, -0.2) is 0 Å². The number of carbonyl (C=O) groups is 1. The molecular formula is C11H15ClN2O. The van der Waals surface area contributed by atoms with Crippen LogP contribution in [0.4, 0.5) is 0 Å². The van der Waals surface area contributed by atoms with Crippen LogP contribution in [0.1, 0.15) is 24.1 Å². The molecule has 1 rings (SSSR count). The monoisotopic (exact) mass is 226 g/mol. The van der Waals surface area contributed by atoms with Gasteiger partial charge < -0.3 is 11.1 Å². The average Bonchev–Trinajstić information content (AvgIpc) is 2.28. The molecule has 0 fully saturated rings. The van der Waals surface area contributed by atoms with Crippen LogP contribution in [0.25, 0.3) is 0 Å². The lowest BCUT2D eigenvalue weighted by Crippen LogP contribution is -2.27. The minimum Gasteiger partial charge on any atom is -0.349 e. The number of nitrogens with two attached hydrogens (primary N) is 1. The summed E-state index contributed by atoms with van der Waals surface area (Å²) in [7, 11) is 0. The van der Waals surface area contributed by atoms with E-state index >= 15 is 0 Å². The van der Waals surface area contributed by atoms with Crippen LogP contribution < -0.4 is 11.1 Å². The van der Waals surface area contributed by atoms with Crippen molar-refractivity contribution in [2.45, 2.75) is 19.5 Å². The number of hydrogen-bond acceptors (Lipinski definition) is 2. The van der Waals surface area contributed by atoms with Crippen molar-refractivity contribution in [1.29, 1.82) is 0 Å². The van der Waals surface area contributed by atoms with Gasteiger partial charge in [0.25, 0.3) is 0 Å². The molecule has 1 aromatic carbocycles. The van der Waals surface area contributed by atoms with E-state index in [1.807, 2.05) is 31.2 Å². The molecule has 0 radical (unpaired) electrons. The van der Waals surface area contributed by atoms with E-state index in [1.54, 1.807) is 0 Å². The van der Waals surface area contributed by atoms with Crippen molar-refractivity contribution in [3.8, 4) is 0 Å². The minimum atomic E-state index is -0.165. The summed E-state index contributed by atoms with van der Waals surface area (Å²) in [5, 5.41) is 2.79. The Morgan fingerprint density at radius 3 is 2.93 bits per heavy atom. The number of nitrogens with one attached hydrogen (secondary N) is 1. The van der Waals surface area contributed by atoms with Gasteiger partial charge in [0.05, 0.1) is 6.04 Å². The Labute approximate surface area is 94.6 Å². The molecule has 1 amide bonds. The van der Waals surface area contributed by atoms with Crippen molar-refractivity contribution in [2.24, 2.45) is 5.73 Å². The van der Waals surface area contributed by atoms with Crippen molar-refractivity contribution in [3.63, 3.8) is 0 Å². The Morgan fingerprint density at radius 1 is 1.60 bits per heavy atom. The topological polar surface area (TPSA) is 55.1 Å². The molecule has 1 aromatic rings. The lowest BCUT2D eigenvalue weighted by atomic mass is 10.1. The molecule has 0 bridgehead atoms. The molecule has 0 heterocycles. The Balaban J connectivity index is 2.72. The number of hydrogen-bond donors (Lipinski definition) is 2. The normalized spacial score (nSPS) is 12.2. The number of carbonyl (C=O) groups excluding carboxylic acids is 1. The average molecular weight is 227 g/mol. The zero-order valence-corrected chi connectivity index (χ0v) is 9.42. The Kier molecular flexibility index (Phi) is 4.59. The van der Waals surface area contributed by atoms with Crippen LogP contribution in [0.15, 0.2) is 24.3 Å². The maximum atomic E-state index is 11.1. The molecule has 0 aliphatic rings. The van der Waals surface area contributed by atoms with E-state index in [2.05, 4.69) is 5.32 Å². The van der Waals surface area contributed by atoms with E-state index in [0.29, 0.717) is 6.54 Å². The molecule has 0 saturated heterocycles. The van der Waals surface area contributed by atoms with E-state index < -0.39 is 0 Å². The van der Waals surface area contributed by atoms with E-state index in [0.717, 1.165) is 11.1 Å². The highest BCUT2D eigenvalue weighted by Gasteiger charge is 2.08. The molecule has 0 spiro atoms. The molecule has 0 saturated carbocycles. The summed E-state index contributed by atoms with van der Waals surface area (Å²) >= 11 is 5.41. The summed E-state index contributed by atoms with van der Waals surface area (Å²) in [6.07, 6.45) is 0. The highest BCUT2D eigenvalue weighted by Crippen LogP contribution is 2.13. The molecule has 1 atom stereocenters. The maximum absolute atomic E-state index is 11.1. The van der Waals surface area contributed by atoms with Gasteiger partial charge in [-0.2, -0.15) is 0 Å². The Bertz CT molecular complexity index is 341.